The van der Waals surface area contributed by atoms with Crippen LogP contribution in [0.1, 0.15) is 24.6 Å². The first kappa shape index (κ1) is 13.1. The molecule has 4 heteroatoms. The molecule has 0 aliphatic rings. The molecule has 0 saturated carbocycles. The molecular formula is C14H18ClN3. The summed E-state index contributed by atoms with van der Waals surface area (Å²) in [5.41, 5.74) is 3.18. The summed E-state index contributed by atoms with van der Waals surface area (Å²) in [7, 11) is 0. The Hall–Kier alpha value is -1.32. The maximum absolute atomic E-state index is 6.24. The number of para-hydroxylation sites is 1. The minimum Gasteiger partial charge on any atom is -0.311 e. The predicted molar refractivity (Wildman–Crippen MR) is 75.3 cm³/mol. The maximum Gasteiger partial charge on any atom is 0.0996 e. The van der Waals surface area contributed by atoms with Crippen molar-refractivity contribution in [1.82, 2.24) is 14.9 Å². The molecule has 0 aliphatic carbocycles. The quantitative estimate of drug-likeness (QED) is 0.839. The minimum atomic E-state index is 0.750. The number of nitrogens with zero attached hydrogens (tertiary/aromatic N) is 2. The highest BCUT2D eigenvalue weighted by atomic mass is 35.5. The molecule has 0 bridgehead atoms. The van der Waals surface area contributed by atoms with Crippen molar-refractivity contribution in [1.29, 1.82) is 0 Å². The summed E-state index contributed by atoms with van der Waals surface area (Å²) in [5.74, 6) is 0. The molecule has 0 aliphatic heterocycles. The van der Waals surface area contributed by atoms with Crippen LogP contribution in [0.5, 0.6) is 0 Å². The van der Waals surface area contributed by atoms with Gasteiger partial charge in [-0.25, -0.2) is 4.98 Å². The average Bonchev–Trinajstić information content (AvgIpc) is 2.78. The fourth-order valence-corrected chi connectivity index (χ4v) is 2.24. The van der Waals surface area contributed by atoms with Crippen LogP contribution in [-0.2, 0) is 6.54 Å². The normalized spacial score (nSPS) is 10.8. The highest BCUT2D eigenvalue weighted by Gasteiger charge is 2.07. The molecule has 96 valence electrons. The lowest BCUT2D eigenvalue weighted by Crippen LogP contribution is -2.13. The number of hydrogen-bond donors (Lipinski definition) is 1. The zero-order valence-corrected chi connectivity index (χ0v) is 11.5. The van der Waals surface area contributed by atoms with Crippen molar-refractivity contribution < 1.29 is 0 Å². The second-order valence-corrected chi connectivity index (χ2v) is 4.76. The van der Waals surface area contributed by atoms with E-state index in [4.69, 9.17) is 11.6 Å². The molecule has 1 N–H and O–H groups in total. The van der Waals surface area contributed by atoms with E-state index in [1.807, 2.05) is 29.2 Å². The Morgan fingerprint density at radius 3 is 2.94 bits per heavy atom. The fraction of sp³-hybridized carbons (Fsp3) is 0.357. The summed E-state index contributed by atoms with van der Waals surface area (Å²) in [6.45, 7) is 6.01. The van der Waals surface area contributed by atoms with Gasteiger partial charge < -0.3 is 9.88 Å². The predicted octanol–water partition coefficient (Wildman–Crippen LogP) is 3.33. The Labute approximate surface area is 113 Å². The molecule has 1 heterocycles. The van der Waals surface area contributed by atoms with E-state index in [-0.39, 0.29) is 0 Å². The summed E-state index contributed by atoms with van der Waals surface area (Å²) in [6, 6.07) is 5.91. The van der Waals surface area contributed by atoms with Crippen LogP contribution in [0.25, 0.3) is 5.69 Å². The number of benzene rings is 1. The van der Waals surface area contributed by atoms with Crippen molar-refractivity contribution in [3.05, 3.63) is 47.0 Å². The Bertz CT molecular complexity index is 499. The van der Waals surface area contributed by atoms with Crippen LogP contribution in [0.4, 0.5) is 0 Å². The van der Waals surface area contributed by atoms with Gasteiger partial charge in [0.1, 0.15) is 0 Å². The first-order valence-electron chi connectivity index (χ1n) is 6.21. The van der Waals surface area contributed by atoms with Gasteiger partial charge in [0.25, 0.3) is 0 Å². The molecule has 0 unspecified atom stereocenters. The zero-order valence-electron chi connectivity index (χ0n) is 10.8. The smallest absolute Gasteiger partial charge is 0.0996 e. The Kier molecular flexibility index (Phi) is 4.39. The van der Waals surface area contributed by atoms with Crippen LogP contribution in [0.3, 0.4) is 0 Å². The van der Waals surface area contributed by atoms with E-state index in [9.17, 15) is 0 Å². The SMILES string of the molecule is CCCNCc1cn(-c2c(C)cccc2Cl)cn1. The third-order valence-electron chi connectivity index (χ3n) is 2.82. The molecule has 0 amide bonds. The molecular weight excluding hydrogens is 246 g/mol. The van der Waals surface area contributed by atoms with E-state index in [0.717, 1.165) is 41.5 Å². The molecule has 0 atom stereocenters. The van der Waals surface area contributed by atoms with Gasteiger partial charge in [0.05, 0.1) is 22.7 Å². The van der Waals surface area contributed by atoms with Gasteiger partial charge in [0.15, 0.2) is 0 Å². The van der Waals surface area contributed by atoms with Gasteiger partial charge in [-0.05, 0) is 31.5 Å². The highest BCUT2D eigenvalue weighted by Crippen LogP contribution is 2.23. The molecule has 1 aromatic carbocycles. The van der Waals surface area contributed by atoms with Gasteiger partial charge in [0.2, 0.25) is 0 Å². The number of nitrogens with one attached hydrogen (secondary N) is 1. The van der Waals surface area contributed by atoms with Crippen molar-refractivity contribution in [2.45, 2.75) is 26.8 Å². The topological polar surface area (TPSA) is 29.9 Å². The van der Waals surface area contributed by atoms with Crippen molar-refractivity contribution in [2.24, 2.45) is 0 Å². The Morgan fingerprint density at radius 1 is 1.39 bits per heavy atom. The van der Waals surface area contributed by atoms with Gasteiger partial charge in [-0.3, -0.25) is 0 Å². The van der Waals surface area contributed by atoms with Gasteiger partial charge in [-0.2, -0.15) is 0 Å². The van der Waals surface area contributed by atoms with E-state index in [0.29, 0.717) is 0 Å². The van der Waals surface area contributed by atoms with Crippen LogP contribution in [0.15, 0.2) is 30.7 Å². The summed E-state index contributed by atoms with van der Waals surface area (Å²) in [5, 5.41) is 4.09. The lowest BCUT2D eigenvalue weighted by molar-refractivity contribution is 0.666. The summed E-state index contributed by atoms with van der Waals surface area (Å²) in [6.07, 6.45) is 4.97. The van der Waals surface area contributed by atoms with Gasteiger partial charge in [0, 0.05) is 12.7 Å². The summed E-state index contributed by atoms with van der Waals surface area (Å²) >= 11 is 6.24. The first-order chi connectivity index (χ1) is 8.72. The molecule has 1 aromatic heterocycles. The minimum absolute atomic E-state index is 0.750. The lowest BCUT2D eigenvalue weighted by atomic mass is 10.2. The Morgan fingerprint density at radius 2 is 2.22 bits per heavy atom. The number of aryl methyl sites for hydroxylation is 1. The summed E-state index contributed by atoms with van der Waals surface area (Å²) < 4.78 is 1.99. The number of halogens is 1. The van der Waals surface area contributed by atoms with Crippen molar-refractivity contribution in [3.8, 4) is 5.69 Å². The van der Waals surface area contributed by atoms with E-state index in [1.165, 1.54) is 0 Å². The molecule has 2 rings (SSSR count). The van der Waals surface area contributed by atoms with Crippen molar-refractivity contribution in [3.63, 3.8) is 0 Å². The first-order valence-corrected chi connectivity index (χ1v) is 6.59. The van der Waals surface area contributed by atoms with Crippen LogP contribution in [0.2, 0.25) is 5.02 Å². The Balaban J connectivity index is 2.19. The van der Waals surface area contributed by atoms with Crippen molar-refractivity contribution in [2.75, 3.05) is 6.54 Å². The van der Waals surface area contributed by atoms with E-state index >= 15 is 0 Å². The average molecular weight is 264 g/mol. The third kappa shape index (κ3) is 2.92. The maximum atomic E-state index is 6.24. The summed E-state index contributed by atoms with van der Waals surface area (Å²) in [4.78, 5) is 4.39. The lowest BCUT2D eigenvalue weighted by Gasteiger charge is -2.08. The second kappa shape index (κ2) is 6.03. The van der Waals surface area contributed by atoms with Crippen LogP contribution in [0, 0.1) is 6.92 Å². The molecule has 0 radical (unpaired) electrons. The molecule has 2 aromatic rings. The van der Waals surface area contributed by atoms with Crippen LogP contribution in [-0.4, -0.2) is 16.1 Å². The van der Waals surface area contributed by atoms with Gasteiger partial charge >= 0.3 is 0 Å². The molecule has 3 nitrogen and oxygen atoms in total. The van der Waals surface area contributed by atoms with Crippen LogP contribution >= 0.6 is 11.6 Å². The second-order valence-electron chi connectivity index (χ2n) is 4.35. The molecule has 18 heavy (non-hydrogen) atoms. The molecule has 0 fully saturated rings. The monoisotopic (exact) mass is 263 g/mol. The van der Waals surface area contributed by atoms with E-state index in [1.54, 1.807) is 0 Å². The number of imidazole rings is 1. The highest BCUT2D eigenvalue weighted by molar-refractivity contribution is 6.32. The third-order valence-corrected chi connectivity index (χ3v) is 3.12. The van der Waals surface area contributed by atoms with E-state index < -0.39 is 0 Å². The standard InChI is InChI=1S/C14H18ClN3/c1-3-7-16-8-12-9-18(10-17-12)14-11(2)5-4-6-13(14)15/h4-6,9-10,16H,3,7-8H2,1-2H3. The van der Waals surface area contributed by atoms with Gasteiger partial charge in [-0.1, -0.05) is 30.7 Å². The number of hydrogen-bond acceptors (Lipinski definition) is 2. The largest absolute Gasteiger partial charge is 0.311 e. The number of rotatable bonds is 5. The van der Waals surface area contributed by atoms with Crippen LogP contribution < -0.4 is 5.32 Å². The number of aromatic nitrogens is 2. The molecule has 0 saturated heterocycles. The zero-order chi connectivity index (χ0) is 13.0. The fourth-order valence-electron chi connectivity index (χ4n) is 1.92. The van der Waals surface area contributed by atoms with Crippen molar-refractivity contribution >= 4 is 11.6 Å². The molecule has 0 spiro atoms. The van der Waals surface area contributed by atoms with E-state index in [2.05, 4.69) is 30.2 Å². The van der Waals surface area contributed by atoms with Gasteiger partial charge in [-0.15, -0.1) is 0 Å².